The van der Waals surface area contributed by atoms with Crippen LogP contribution in [0.2, 0.25) is 0 Å². The SMILES string of the molecule is Cc1c(Br)ccc(CC2(O)CCC(CC3CCC(C)CC3)CC2)c1F. The molecule has 0 radical (unpaired) electrons. The molecule has 0 saturated heterocycles. The van der Waals surface area contributed by atoms with E-state index in [0.29, 0.717) is 17.5 Å². The fourth-order valence-corrected chi connectivity index (χ4v) is 5.18. The zero-order valence-electron chi connectivity index (χ0n) is 15.7. The van der Waals surface area contributed by atoms with Crippen LogP contribution in [0.15, 0.2) is 16.6 Å². The minimum atomic E-state index is -0.724. The Kier molecular flexibility index (Phi) is 6.26. The molecule has 3 rings (SSSR count). The van der Waals surface area contributed by atoms with Gasteiger partial charge in [0, 0.05) is 10.9 Å². The second kappa shape index (κ2) is 8.08. The average Bonchev–Trinajstić information content (AvgIpc) is 2.60. The van der Waals surface area contributed by atoms with Gasteiger partial charge in [0.1, 0.15) is 5.82 Å². The molecule has 2 fully saturated rings. The summed E-state index contributed by atoms with van der Waals surface area (Å²) in [5.74, 6) is 2.41. The molecular weight excluding hydrogens is 379 g/mol. The Hall–Kier alpha value is -0.410. The fourth-order valence-electron chi connectivity index (χ4n) is 4.87. The van der Waals surface area contributed by atoms with E-state index < -0.39 is 5.60 Å². The third-order valence-corrected chi connectivity index (χ3v) is 7.62. The summed E-state index contributed by atoms with van der Waals surface area (Å²) >= 11 is 3.37. The summed E-state index contributed by atoms with van der Waals surface area (Å²) in [5.41, 5.74) is 0.572. The van der Waals surface area contributed by atoms with Gasteiger partial charge < -0.3 is 5.11 Å². The number of rotatable bonds is 4. The summed E-state index contributed by atoms with van der Waals surface area (Å²) in [5, 5.41) is 11.0. The first-order chi connectivity index (χ1) is 11.9. The Labute approximate surface area is 160 Å². The van der Waals surface area contributed by atoms with Crippen LogP contribution >= 0.6 is 15.9 Å². The number of halogens is 2. The first-order valence-electron chi connectivity index (χ1n) is 10.0. The molecule has 2 saturated carbocycles. The van der Waals surface area contributed by atoms with Gasteiger partial charge in [0.2, 0.25) is 0 Å². The lowest BCUT2D eigenvalue weighted by atomic mass is 9.71. The standard InChI is InChI=1S/C22H32BrFO/c1-15-3-5-17(6-4-15)13-18-9-11-22(25,12-10-18)14-19-7-8-20(23)16(2)21(19)24/h7-8,15,17-18,25H,3-6,9-14H2,1-2H3. The number of hydrogen-bond donors (Lipinski definition) is 1. The van der Waals surface area contributed by atoms with Crippen LogP contribution in [0, 0.1) is 30.5 Å². The Balaban J connectivity index is 1.53. The van der Waals surface area contributed by atoms with Gasteiger partial charge in [0.25, 0.3) is 0 Å². The first-order valence-corrected chi connectivity index (χ1v) is 10.8. The summed E-state index contributed by atoms with van der Waals surface area (Å²) < 4.78 is 15.3. The van der Waals surface area contributed by atoms with Crippen molar-refractivity contribution in [1.29, 1.82) is 0 Å². The first kappa shape index (κ1) is 19.4. The van der Waals surface area contributed by atoms with E-state index in [1.165, 1.54) is 32.1 Å². The van der Waals surface area contributed by atoms with Crippen molar-refractivity contribution in [2.24, 2.45) is 17.8 Å². The van der Waals surface area contributed by atoms with E-state index in [4.69, 9.17) is 0 Å². The smallest absolute Gasteiger partial charge is 0.130 e. The zero-order valence-corrected chi connectivity index (χ0v) is 17.2. The molecule has 0 unspecified atom stereocenters. The minimum Gasteiger partial charge on any atom is -0.390 e. The van der Waals surface area contributed by atoms with Crippen LogP contribution in [0.3, 0.4) is 0 Å². The van der Waals surface area contributed by atoms with Crippen LogP contribution in [0.1, 0.15) is 75.8 Å². The highest BCUT2D eigenvalue weighted by Crippen LogP contribution is 2.41. The monoisotopic (exact) mass is 410 g/mol. The lowest BCUT2D eigenvalue weighted by Gasteiger charge is -2.38. The van der Waals surface area contributed by atoms with Gasteiger partial charge in [-0.05, 0) is 74.0 Å². The summed E-state index contributed by atoms with van der Waals surface area (Å²) in [6.07, 6.45) is 11.2. The molecular formula is C22H32BrFO. The second-order valence-corrected chi connectivity index (χ2v) is 9.71. The van der Waals surface area contributed by atoms with Gasteiger partial charge in [-0.25, -0.2) is 4.39 Å². The highest BCUT2D eigenvalue weighted by Gasteiger charge is 2.35. The Morgan fingerprint density at radius 3 is 2.32 bits per heavy atom. The van der Waals surface area contributed by atoms with Crippen molar-refractivity contribution >= 4 is 15.9 Å². The molecule has 25 heavy (non-hydrogen) atoms. The van der Waals surface area contributed by atoms with Crippen molar-refractivity contribution in [3.8, 4) is 0 Å². The summed E-state index contributed by atoms with van der Waals surface area (Å²) in [6, 6.07) is 3.71. The molecule has 0 atom stereocenters. The van der Waals surface area contributed by atoms with Gasteiger partial charge in [-0.15, -0.1) is 0 Å². The summed E-state index contributed by atoms with van der Waals surface area (Å²) in [7, 11) is 0. The van der Waals surface area contributed by atoms with Crippen LogP contribution in [0.25, 0.3) is 0 Å². The molecule has 0 aliphatic heterocycles. The molecule has 2 aliphatic rings. The van der Waals surface area contributed by atoms with Crippen LogP contribution < -0.4 is 0 Å². The minimum absolute atomic E-state index is 0.166. The summed E-state index contributed by atoms with van der Waals surface area (Å²) in [6.45, 7) is 4.16. The van der Waals surface area contributed by atoms with Crippen molar-refractivity contribution in [3.05, 3.63) is 33.5 Å². The number of benzene rings is 1. The molecule has 1 aromatic rings. The van der Waals surface area contributed by atoms with E-state index >= 15 is 0 Å². The third kappa shape index (κ3) is 4.86. The molecule has 0 bridgehead atoms. The molecule has 0 amide bonds. The molecule has 1 N–H and O–H groups in total. The van der Waals surface area contributed by atoms with Crippen molar-refractivity contribution in [2.45, 2.75) is 83.7 Å². The van der Waals surface area contributed by atoms with E-state index in [0.717, 1.165) is 47.9 Å². The topological polar surface area (TPSA) is 20.2 Å². The molecule has 3 heteroatoms. The molecule has 140 valence electrons. The van der Waals surface area contributed by atoms with E-state index in [1.807, 2.05) is 12.1 Å². The Morgan fingerprint density at radius 2 is 1.68 bits per heavy atom. The Morgan fingerprint density at radius 1 is 1.08 bits per heavy atom. The van der Waals surface area contributed by atoms with Crippen molar-refractivity contribution < 1.29 is 9.50 Å². The fraction of sp³-hybridized carbons (Fsp3) is 0.727. The maximum Gasteiger partial charge on any atom is 0.130 e. The van der Waals surface area contributed by atoms with Gasteiger partial charge in [-0.1, -0.05) is 54.6 Å². The summed E-state index contributed by atoms with van der Waals surface area (Å²) in [4.78, 5) is 0. The van der Waals surface area contributed by atoms with Gasteiger partial charge in [0.15, 0.2) is 0 Å². The largest absolute Gasteiger partial charge is 0.390 e. The maximum absolute atomic E-state index is 14.5. The lowest BCUT2D eigenvalue weighted by molar-refractivity contribution is -0.0132. The van der Waals surface area contributed by atoms with E-state index in [2.05, 4.69) is 22.9 Å². The molecule has 0 spiro atoms. The van der Waals surface area contributed by atoms with Crippen molar-refractivity contribution in [3.63, 3.8) is 0 Å². The van der Waals surface area contributed by atoms with Crippen molar-refractivity contribution in [2.75, 3.05) is 0 Å². The third-order valence-electron chi connectivity index (χ3n) is 6.76. The quantitative estimate of drug-likeness (QED) is 0.594. The predicted molar refractivity (Wildman–Crippen MR) is 105 cm³/mol. The molecule has 0 heterocycles. The molecule has 0 aromatic heterocycles. The zero-order chi connectivity index (χ0) is 18.0. The van der Waals surface area contributed by atoms with Crippen molar-refractivity contribution in [1.82, 2.24) is 0 Å². The van der Waals surface area contributed by atoms with Crippen LogP contribution in [-0.4, -0.2) is 10.7 Å². The maximum atomic E-state index is 14.5. The predicted octanol–water partition coefficient (Wildman–Crippen LogP) is 6.58. The molecule has 1 aromatic carbocycles. The van der Waals surface area contributed by atoms with E-state index in [1.54, 1.807) is 6.92 Å². The second-order valence-electron chi connectivity index (χ2n) is 8.85. The molecule has 1 nitrogen and oxygen atoms in total. The lowest BCUT2D eigenvalue weighted by Crippen LogP contribution is -2.37. The number of aliphatic hydroxyl groups is 1. The van der Waals surface area contributed by atoms with Gasteiger partial charge in [-0.3, -0.25) is 0 Å². The Bertz CT molecular complexity index is 584. The highest BCUT2D eigenvalue weighted by atomic mass is 79.9. The van der Waals surface area contributed by atoms with Gasteiger partial charge in [-0.2, -0.15) is 0 Å². The van der Waals surface area contributed by atoms with Crippen LogP contribution in [0.4, 0.5) is 4.39 Å². The molecule has 2 aliphatic carbocycles. The van der Waals surface area contributed by atoms with E-state index in [9.17, 15) is 9.50 Å². The highest BCUT2D eigenvalue weighted by molar-refractivity contribution is 9.10. The normalized spacial score (nSPS) is 33.4. The average molecular weight is 411 g/mol. The van der Waals surface area contributed by atoms with Gasteiger partial charge >= 0.3 is 0 Å². The van der Waals surface area contributed by atoms with Gasteiger partial charge in [0.05, 0.1) is 5.60 Å². The van der Waals surface area contributed by atoms with Crippen LogP contribution in [0.5, 0.6) is 0 Å². The van der Waals surface area contributed by atoms with Crippen LogP contribution in [-0.2, 0) is 6.42 Å². The van der Waals surface area contributed by atoms with E-state index in [-0.39, 0.29) is 5.82 Å². The number of hydrogen-bond acceptors (Lipinski definition) is 1.